The predicted molar refractivity (Wildman–Crippen MR) is 59.7 cm³/mol. The summed E-state index contributed by atoms with van der Waals surface area (Å²) in [7, 11) is 0. The maximum absolute atomic E-state index is 12.5. The lowest BCUT2D eigenvalue weighted by Crippen LogP contribution is -2.21. The molecule has 2 aromatic rings. The van der Waals surface area contributed by atoms with Gasteiger partial charge in [0.05, 0.1) is 12.1 Å². The SMILES string of the molecule is O=c1ccc(C(F)(F)F)cn1Cc1nnc(Cl)s1. The molecule has 2 heterocycles. The van der Waals surface area contributed by atoms with Gasteiger partial charge < -0.3 is 4.57 Å². The van der Waals surface area contributed by atoms with E-state index in [0.29, 0.717) is 5.01 Å². The summed E-state index contributed by atoms with van der Waals surface area (Å²) < 4.78 is 38.5. The number of nitrogens with zero attached hydrogens (tertiary/aromatic N) is 3. The van der Waals surface area contributed by atoms with E-state index >= 15 is 0 Å². The van der Waals surface area contributed by atoms with Crippen LogP contribution in [0.4, 0.5) is 13.2 Å². The summed E-state index contributed by atoms with van der Waals surface area (Å²) in [6.07, 6.45) is -3.74. The monoisotopic (exact) mass is 295 g/mol. The average Bonchev–Trinajstić information content (AvgIpc) is 2.66. The highest BCUT2D eigenvalue weighted by Crippen LogP contribution is 2.28. The van der Waals surface area contributed by atoms with Gasteiger partial charge in [-0.05, 0) is 17.7 Å². The third kappa shape index (κ3) is 2.88. The molecule has 2 rings (SSSR count). The minimum absolute atomic E-state index is 0.0901. The fraction of sp³-hybridized carbons (Fsp3) is 0.222. The van der Waals surface area contributed by atoms with Crippen LogP contribution in [0, 0.1) is 0 Å². The molecule has 0 amide bonds. The van der Waals surface area contributed by atoms with Crippen molar-refractivity contribution >= 4 is 22.9 Å². The Morgan fingerprint density at radius 3 is 2.61 bits per heavy atom. The van der Waals surface area contributed by atoms with Crippen LogP contribution in [0.5, 0.6) is 0 Å². The van der Waals surface area contributed by atoms with Crippen LogP contribution in [0.3, 0.4) is 0 Å². The molecule has 0 fully saturated rings. The molecule has 0 aliphatic heterocycles. The second kappa shape index (κ2) is 4.69. The van der Waals surface area contributed by atoms with E-state index < -0.39 is 17.3 Å². The fourth-order valence-corrected chi connectivity index (χ4v) is 2.13. The first-order valence-corrected chi connectivity index (χ1v) is 5.81. The van der Waals surface area contributed by atoms with Gasteiger partial charge >= 0.3 is 6.18 Å². The van der Waals surface area contributed by atoms with Crippen molar-refractivity contribution in [3.8, 4) is 0 Å². The van der Waals surface area contributed by atoms with Crippen LogP contribution < -0.4 is 5.56 Å². The normalized spacial score (nSPS) is 11.8. The molecule has 0 spiro atoms. The molecule has 96 valence electrons. The van der Waals surface area contributed by atoms with Crippen molar-refractivity contribution in [3.63, 3.8) is 0 Å². The van der Waals surface area contributed by atoms with Gasteiger partial charge in [0.1, 0.15) is 5.01 Å². The molecular formula is C9H5ClF3N3OS. The number of rotatable bonds is 2. The molecule has 4 nitrogen and oxygen atoms in total. The van der Waals surface area contributed by atoms with Gasteiger partial charge in [-0.25, -0.2) is 0 Å². The van der Waals surface area contributed by atoms with E-state index in [4.69, 9.17) is 11.6 Å². The first-order valence-electron chi connectivity index (χ1n) is 4.62. The molecule has 0 saturated carbocycles. The van der Waals surface area contributed by atoms with Crippen molar-refractivity contribution in [2.45, 2.75) is 12.7 Å². The molecule has 0 aliphatic carbocycles. The minimum Gasteiger partial charge on any atom is -0.308 e. The Morgan fingerprint density at radius 2 is 2.06 bits per heavy atom. The van der Waals surface area contributed by atoms with Crippen molar-refractivity contribution in [1.82, 2.24) is 14.8 Å². The number of aromatic nitrogens is 3. The van der Waals surface area contributed by atoms with Crippen molar-refractivity contribution in [1.29, 1.82) is 0 Å². The first-order chi connectivity index (χ1) is 8.36. The predicted octanol–water partition coefficient (Wildman–Crippen LogP) is 2.42. The van der Waals surface area contributed by atoms with Gasteiger partial charge in [0.15, 0.2) is 0 Å². The Morgan fingerprint density at radius 1 is 1.33 bits per heavy atom. The topological polar surface area (TPSA) is 47.8 Å². The van der Waals surface area contributed by atoms with Crippen LogP contribution in [-0.4, -0.2) is 14.8 Å². The van der Waals surface area contributed by atoms with Crippen LogP contribution in [0.25, 0.3) is 0 Å². The summed E-state index contributed by atoms with van der Waals surface area (Å²) in [5.41, 5.74) is -1.44. The van der Waals surface area contributed by atoms with Crippen LogP contribution in [0.2, 0.25) is 4.47 Å². The first kappa shape index (κ1) is 13.0. The Bertz CT molecular complexity index is 622. The zero-order valence-corrected chi connectivity index (χ0v) is 10.2. The highest BCUT2D eigenvalue weighted by molar-refractivity contribution is 7.15. The summed E-state index contributed by atoms with van der Waals surface area (Å²) in [5, 5.41) is 7.51. The van der Waals surface area contributed by atoms with E-state index in [-0.39, 0.29) is 11.0 Å². The highest BCUT2D eigenvalue weighted by Gasteiger charge is 2.31. The van der Waals surface area contributed by atoms with Crippen LogP contribution >= 0.6 is 22.9 Å². The van der Waals surface area contributed by atoms with Gasteiger partial charge in [-0.15, -0.1) is 10.2 Å². The lowest BCUT2D eigenvalue weighted by Gasteiger charge is -2.09. The maximum atomic E-state index is 12.5. The molecule has 0 aliphatic rings. The molecule has 18 heavy (non-hydrogen) atoms. The van der Waals surface area contributed by atoms with E-state index in [2.05, 4.69) is 10.2 Å². The lowest BCUT2D eigenvalue weighted by molar-refractivity contribution is -0.138. The van der Waals surface area contributed by atoms with E-state index in [1.54, 1.807) is 0 Å². The quantitative estimate of drug-likeness (QED) is 0.855. The molecule has 0 aromatic carbocycles. The van der Waals surface area contributed by atoms with Crippen molar-refractivity contribution in [3.05, 3.63) is 43.7 Å². The van der Waals surface area contributed by atoms with Crippen LogP contribution in [0.15, 0.2) is 23.1 Å². The van der Waals surface area contributed by atoms with Crippen molar-refractivity contribution in [2.75, 3.05) is 0 Å². The third-order valence-electron chi connectivity index (χ3n) is 2.06. The standard InChI is InChI=1S/C9H5ClF3N3OS/c10-8-15-14-6(18-8)4-16-3-5(9(11,12)13)1-2-7(16)17/h1-3H,4H2. The number of pyridine rings is 1. The highest BCUT2D eigenvalue weighted by atomic mass is 35.5. The summed E-state index contributed by atoms with van der Waals surface area (Å²) >= 11 is 6.55. The molecule has 0 saturated heterocycles. The molecule has 9 heteroatoms. The Balaban J connectivity index is 2.35. The summed E-state index contributed by atoms with van der Waals surface area (Å²) in [4.78, 5) is 11.4. The van der Waals surface area contributed by atoms with Gasteiger partial charge in [0, 0.05) is 12.3 Å². The molecule has 0 atom stereocenters. The Hall–Kier alpha value is -1.41. The van der Waals surface area contributed by atoms with Gasteiger partial charge in [-0.3, -0.25) is 4.79 Å². The molecular weight excluding hydrogens is 291 g/mol. The van der Waals surface area contributed by atoms with E-state index in [0.717, 1.165) is 34.2 Å². The number of halogens is 4. The molecule has 0 radical (unpaired) electrons. The van der Waals surface area contributed by atoms with Gasteiger partial charge in [0.2, 0.25) is 4.47 Å². The van der Waals surface area contributed by atoms with Crippen molar-refractivity contribution in [2.24, 2.45) is 0 Å². The third-order valence-corrected chi connectivity index (χ3v) is 3.06. The smallest absolute Gasteiger partial charge is 0.308 e. The van der Waals surface area contributed by atoms with Crippen LogP contribution in [0.1, 0.15) is 10.6 Å². The molecule has 0 N–H and O–H groups in total. The van der Waals surface area contributed by atoms with Crippen molar-refractivity contribution < 1.29 is 13.2 Å². The van der Waals surface area contributed by atoms with E-state index in [9.17, 15) is 18.0 Å². The lowest BCUT2D eigenvalue weighted by atomic mass is 10.3. The second-order valence-electron chi connectivity index (χ2n) is 3.33. The number of hydrogen-bond donors (Lipinski definition) is 0. The zero-order valence-electron chi connectivity index (χ0n) is 8.61. The zero-order chi connectivity index (χ0) is 13.3. The van der Waals surface area contributed by atoms with E-state index in [1.807, 2.05) is 0 Å². The average molecular weight is 296 g/mol. The van der Waals surface area contributed by atoms with Gasteiger partial charge in [-0.1, -0.05) is 11.3 Å². The number of hydrogen-bond acceptors (Lipinski definition) is 4. The Labute approximate surface area is 108 Å². The summed E-state index contributed by atoms with van der Waals surface area (Å²) in [6.45, 7) is -0.0901. The maximum Gasteiger partial charge on any atom is 0.417 e. The number of alkyl halides is 3. The molecule has 0 bridgehead atoms. The Kier molecular flexibility index (Phi) is 3.40. The fourth-order valence-electron chi connectivity index (χ4n) is 1.27. The van der Waals surface area contributed by atoms with Gasteiger partial charge in [0.25, 0.3) is 5.56 Å². The molecule has 2 aromatic heterocycles. The minimum atomic E-state index is -4.49. The van der Waals surface area contributed by atoms with Gasteiger partial charge in [-0.2, -0.15) is 13.2 Å². The van der Waals surface area contributed by atoms with E-state index in [1.165, 1.54) is 0 Å². The summed E-state index contributed by atoms with van der Waals surface area (Å²) in [5.74, 6) is 0. The largest absolute Gasteiger partial charge is 0.417 e. The van der Waals surface area contributed by atoms with Crippen LogP contribution in [-0.2, 0) is 12.7 Å². The molecule has 0 unspecified atom stereocenters. The second-order valence-corrected chi connectivity index (χ2v) is 4.97. The summed E-state index contributed by atoms with van der Waals surface area (Å²) in [6, 6.07) is 1.61.